The topological polar surface area (TPSA) is 47.6 Å². The van der Waals surface area contributed by atoms with Crippen molar-refractivity contribution in [2.75, 3.05) is 0 Å². The Balaban J connectivity index is 3.09. The van der Waals surface area contributed by atoms with E-state index in [1.165, 1.54) is 6.42 Å². The molecule has 1 atom stereocenters. The second-order valence-corrected chi connectivity index (χ2v) is 4.59. The van der Waals surface area contributed by atoms with Crippen molar-refractivity contribution >= 4 is 0 Å². The van der Waals surface area contributed by atoms with Crippen LogP contribution in [0.2, 0.25) is 0 Å². The smallest absolute Gasteiger partial charge is 0.129 e. The minimum Gasteiger partial charge on any atom is -0.192 e. The molecule has 80 valence electrons. The van der Waals surface area contributed by atoms with Crippen LogP contribution >= 0.6 is 0 Å². The second-order valence-electron chi connectivity index (χ2n) is 4.59. The fourth-order valence-corrected chi connectivity index (χ4v) is 2.68. The lowest BCUT2D eigenvalue weighted by atomic mass is 9.68. The zero-order valence-corrected chi connectivity index (χ0v) is 9.64. The first-order valence-electron chi connectivity index (χ1n) is 5.71. The van der Waals surface area contributed by atoms with Crippen LogP contribution in [0, 0.1) is 28.1 Å². The molecule has 0 spiro atoms. The predicted molar refractivity (Wildman–Crippen MR) is 59.7 cm³/mol. The molecule has 0 aromatic carbocycles. The molecule has 1 rings (SSSR count). The SMILES string of the molecule is CCCC1(C)CCCCC1=C(C#N)C#N. The molecule has 1 saturated carbocycles. The first kappa shape index (κ1) is 11.8. The summed E-state index contributed by atoms with van der Waals surface area (Å²) in [5, 5.41) is 17.9. The van der Waals surface area contributed by atoms with Gasteiger partial charge >= 0.3 is 0 Å². The van der Waals surface area contributed by atoms with Gasteiger partial charge in [0.25, 0.3) is 0 Å². The Bertz CT molecular complexity index is 321. The molecule has 1 aliphatic carbocycles. The Labute approximate surface area is 92.2 Å². The van der Waals surface area contributed by atoms with Gasteiger partial charge < -0.3 is 0 Å². The monoisotopic (exact) mass is 202 g/mol. The number of nitriles is 2. The molecule has 2 heteroatoms. The van der Waals surface area contributed by atoms with E-state index in [0.29, 0.717) is 5.57 Å². The molecule has 1 unspecified atom stereocenters. The van der Waals surface area contributed by atoms with E-state index in [1.807, 2.05) is 0 Å². The highest BCUT2D eigenvalue weighted by Gasteiger charge is 2.32. The Kier molecular flexibility index (Phi) is 3.92. The van der Waals surface area contributed by atoms with Gasteiger partial charge in [-0.05, 0) is 36.7 Å². The van der Waals surface area contributed by atoms with Crippen LogP contribution in [0.25, 0.3) is 0 Å². The van der Waals surface area contributed by atoms with Crippen LogP contribution in [0.15, 0.2) is 11.1 Å². The average Bonchev–Trinajstić information content (AvgIpc) is 2.23. The van der Waals surface area contributed by atoms with Crippen molar-refractivity contribution in [3.05, 3.63) is 11.1 Å². The van der Waals surface area contributed by atoms with E-state index < -0.39 is 0 Å². The van der Waals surface area contributed by atoms with E-state index in [9.17, 15) is 0 Å². The zero-order chi connectivity index (χ0) is 11.3. The van der Waals surface area contributed by atoms with Crippen molar-refractivity contribution in [3.8, 4) is 12.1 Å². The van der Waals surface area contributed by atoms with Gasteiger partial charge in [-0.2, -0.15) is 10.5 Å². The van der Waals surface area contributed by atoms with Crippen molar-refractivity contribution in [1.82, 2.24) is 0 Å². The lowest BCUT2D eigenvalue weighted by Gasteiger charge is -2.36. The van der Waals surface area contributed by atoms with Crippen LogP contribution in [0.1, 0.15) is 52.4 Å². The van der Waals surface area contributed by atoms with Crippen LogP contribution in [-0.2, 0) is 0 Å². The quantitative estimate of drug-likeness (QED) is 0.641. The van der Waals surface area contributed by atoms with E-state index in [1.54, 1.807) is 0 Å². The van der Waals surface area contributed by atoms with Crippen molar-refractivity contribution in [1.29, 1.82) is 10.5 Å². The van der Waals surface area contributed by atoms with Gasteiger partial charge in [-0.1, -0.05) is 26.7 Å². The molecule has 0 amide bonds. The molecule has 0 saturated heterocycles. The fourth-order valence-electron chi connectivity index (χ4n) is 2.68. The number of nitrogens with zero attached hydrogens (tertiary/aromatic N) is 2. The number of hydrogen-bond donors (Lipinski definition) is 0. The van der Waals surface area contributed by atoms with Gasteiger partial charge in [0.05, 0.1) is 0 Å². The maximum Gasteiger partial charge on any atom is 0.129 e. The normalized spacial score (nSPS) is 25.5. The maximum absolute atomic E-state index is 8.95. The summed E-state index contributed by atoms with van der Waals surface area (Å²) in [4.78, 5) is 0. The van der Waals surface area contributed by atoms with Crippen molar-refractivity contribution < 1.29 is 0 Å². The van der Waals surface area contributed by atoms with E-state index in [4.69, 9.17) is 10.5 Å². The molecular formula is C13H18N2. The number of allylic oxidation sites excluding steroid dienone is 2. The largest absolute Gasteiger partial charge is 0.192 e. The lowest BCUT2D eigenvalue weighted by Crippen LogP contribution is -2.24. The van der Waals surface area contributed by atoms with Crippen molar-refractivity contribution in [2.24, 2.45) is 5.41 Å². The number of rotatable bonds is 2. The van der Waals surface area contributed by atoms with Crippen molar-refractivity contribution in [2.45, 2.75) is 52.4 Å². The molecule has 0 aromatic rings. The Hall–Kier alpha value is -1.28. The van der Waals surface area contributed by atoms with Gasteiger partial charge in [-0.15, -0.1) is 0 Å². The summed E-state index contributed by atoms with van der Waals surface area (Å²) in [6, 6.07) is 4.11. The first-order chi connectivity index (χ1) is 7.18. The maximum atomic E-state index is 8.95. The highest BCUT2D eigenvalue weighted by molar-refractivity contribution is 5.43. The Morgan fingerprint density at radius 3 is 2.53 bits per heavy atom. The highest BCUT2D eigenvalue weighted by atomic mass is 14.4. The standard InChI is InChI=1S/C13H18N2/c1-3-7-13(2)8-5-4-6-12(13)11(9-14)10-15/h3-8H2,1-2H3. The highest BCUT2D eigenvalue weighted by Crippen LogP contribution is 2.45. The molecule has 15 heavy (non-hydrogen) atoms. The Morgan fingerprint density at radius 1 is 1.33 bits per heavy atom. The molecule has 0 heterocycles. The minimum absolute atomic E-state index is 0.105. The summed E-state index contributed by atoms with van der Waals surface area (Å²) in [5.74, 6) is 0. The van der Waals surface area contributed by atoms with Crippen LogP contribution in [0.3, 0.4) is 0 Å². The summed E-state index contributed by atoms with van der Waals surface area (Å²) in [7, 11) is 0. The van der Waals surface area contributed by atoms with E-state index in [0.717, 1.165) is 37.7 Å². The summed E-state index contributed by atoms with van der Waals surface area (Å²) in [5.41, 5.74) is 1.58. The van der Waals surface area contributed by atoms with E-state index >= 15 is 0 Å². The third-order valence-electron chi connectivity index (χ3n) is 3.46. The van der Waals surface area contributed by atoms with Gasteiger partial charge in [-0.25, -0.2) is 0 Å². The second kappa shape index (κ2) is 4.99. The van der Waals surface area contributed by atoms with Crippen molar-refractivity contribution in [3.63, 3.8) is 0 Å². The molecule has 0 aromatic heterocycles. The Morgan fingerprint density at radius 2 is 2.00 bits per heavy atom. The summed E-state index contributed by atoms with van der Waals surface area (Å²) < 4.78 is 0. The molecule has 1 fully saturated rings. The molecule has 1 aliphatic rings. The summed E-state index contributed by atoms with van der Waals surface area (Å²) in [6.45, 7) is 4.37. The van der Waals surface area contributed by atoms with Gasteiger partial charge in [0, 0.05) is 0 Å². The molecule has 0 radical (unpaired) electrons. The van der Waals surface area contributed by atoms with Gasteiger partial charge in [0.15, 0.2) is 0 Å². The first-order valence-corrected chi connectivity index (χ1v) is 5.71. The number of hydrogen-bond acceptors (Lipinski definition) is 2. The lowest BCUT2D eigenvalue weighted by molar-refractivity contribution is 0.278. The van der Waals surface area contributed by atoms with E-state index in [-0.39, 0.29) is 5.41 Å². The average molecular weight is 202 g/mol. The zero-order valence-electron chi connectivity index (χ0n) is 9.64. The third-order valence-corrected chi connectivity index (χ3v) is 3.46. The minimum atomic E-state index is 0.105. The fraction of sp³-hybridized carbons (Fsp3) is 0.692. The van der Waals surface area contributed by atoms with Crippen LogP contribution < -0.4 is 0 Å². The van der Waals surface area contributed by atoms with Crippen LogP contribution in [0.5, 0.6) is 0 Å². The molecule has 0 bridgehead atoms. The van der Waals surface area contributed by atoms with Gasteiger partial charge in [0.2, 0.25) is 0 Å². The van der Waals surface area contributed by atoms with Gasteiger partial charge in [0.1, 0.15) is 17.7 Å². The molecule has 0 N–H and O–H groups in total. The molecule has 2 nitrogen and oxygen atoms in total. The van der Waals surface area contributed by atoms with Crippen LogP contribution in [0.4, 0.5) is 0 Å². The van der Waals surface area contributed by atoms with Crippen LogP contribution in [-0.4, -0.2) is 0 Å². The summed E-state index contributed by atoms with van der Waals surface area (Å²) >= 11 is 0. The van der Waals surface area contributed by atoms with Gasteiger partial charge in [-0.3, -0.25) is 0 Å². The third kappa shape index (κ3) is 2.39. The molecule has 0 aliphatic heterocycles. The summed E-state index contributed by atoms with van der Waals surface area (Å²) in [6.07, 6.45) is 6.63. The predicted octanol–water partition coefficient (Wildman–Crippen LogP) is 3.71. The van der Waals surface area contributed by atoms with E-state index in [2.05, 4.69) is 26.0 Å². The molecular weight excluding hydrogens is 184 g/mol.